The molecule has 1 unspecified atom stereocenters. The van der Waals surface area contributed by atoms with E-state index in [9.17, 15) is 10.1 Å². The molecule has 0 aromatic heterocycles. The molecule has 1 fully saturated rings. The first-order valence-corrected chi connectivity index (χ1v) is 8.30. The fraction of sp³-hybridized carbons (Fsp3) is 0.600. The van der Waals surface area contributed by atoms with Crippen LogP contribution in [0, 0.1) is 16.0 Å². The van der Waals surface area contributed by atoms with Crippen molar-refractivity contribution < 1.29 is 4.92 Å². The molecule has 0 aliphatic heterocycles. The smallest absolute Gasteiger partial charge is 0.282 e. The van der Waals surface area contributed by atoms with Crippen LogP contribution >= 0.6 is 11.8 Å². The van der Waals surface area contributed by atoms with Crippen LogP contribution in [0.3, 0.4) is 0 Å². The summed E-state index contributed by atoms with van der Waals surface area (Å²) >= 11 is 1.61. The molecule has 0 heterocycles. The largest absolute Gasteiger partial charge is 0.313 e. The molecule has 0 spiro atoms. The van der Waals surface area contributed by atoms with Crippen LogP contribution in [-0.2, 0) is 0 Å². The molecule has 1 saturated carbocycles. The number of para-hydroxylation sites is 1. The summed E-state index contributed by atoms with van der Waals surface area (Å²) in [5, 5.41) is 14.6. The van der Waals surface area contributed by atoms with Gasteiger partial charge in [-0.1, -0.05) is 31.9 Å². The summed E-state index contributed by atoms with van der Waals surface area (Å²) in [6.45, 7) is 3.08. The predicted octanol–water partition coefficient (Wildman–Crippen LogP) is 3.86. The number of thioether (sulfide) groups is 1. The molecule has 0 radical (unpaired) electrons. The standard InChI is InChI=1S/C15H22N2O2S/c1-2-16-13(12-7-3-4-8-12)11-20-15-10-6-5-9-14(15)17(18)19/h5-6,9-10,12-13,16H,2-4,7-8,11H2,1H3. The van der Waals surface area contributed by atoms with Gasteiger partial charge >= 0.3 is 0 Å². The zero-order valence-electron chi connectivity index (χ0n) is 11.9. The summed E-state index contributed by atoms with van der Waals surface area (Å²) in [6, 6.07) is 7.49. The molecular formula is C15H22N2O2S. The molecule has 1 aromatic carbocycles. The fourth-order valence-corrected chi connectivity index (χ4v) is 4.11. The van der Waals surface area contributed by atoms with Gasteiger partial charge in [-0.3, -0.25) is 10.1 Å². The van der Waals surface area contributed by atoms with Crippen molar-refractivity contribution in [1.82, 2.24) is 5.32 Å². The average molecular weight is 294 g/mol. The van der Waals surface area contributed by atoms with E-state index in [2.05, 4.69) is 12.2 Å². The number of benzene rings is 1. The minimum atomic E-state index is -0.292. The third-order valence-electron chi connectivity index (χ3n) is 3.92. The highest BCUT2D eigenvalue weighted by Gasteiger charge is 2.25. The molecule has 1 aromatic rings. The van der Waals surface area contributed by atoms with E-state index in [0.29, 0.717) is 6.04 Å². The second-order valence-electron chi connectivity index (χ2n) is 5.24. The molecule has 1 N–H and O–H groups in total. The van der Waals surface area contributed by atoms with Gasteiger partial charge in [0.25, 0.3) is 5.69 Å². The van der Waals surface area contributed by atoms with Crippen molar-refractivity contribution in [2.45, 2.75) is 43.5 Å². The van der Waals surface area contributed by atoms with Crippen molar-refractivity contribution in [3.8, 4) is 0 Å². The lowest BCUT2D eigenvalue weighted by atomic mass is 10.00. The van der Waals surface area contributed by atoms with E-state index in [1.165, 1.54) is 25.7 Å². The van der Waals surface area contributed by atoms with E-state index in [0.717, 1.165) is 23.1 Å². The number of rotatable bonds is 7. The molecule has 2 rings (SSSR count). The lowest BCUT2D eigenvalue weighted by Crippen LogP contribution is -2.37. The minimum Gasteiger partial charge on any atom is -0.313 e. The molecule has 1 aliphatic rings. The second kappa shape index (κ2) is 7.64. The van der Waals surface area contributed by atoms with E-state index < -0.39 is 0 Å². The Hall–Kier alpha value is -1.07. The lowest BCUT2D eigenvalue weighted by molar-refractivity contribution is -0.387. The monoisotopic (exact) mass is 294 g/mol. The zero-order chi connectivity index (χ0) is 14.4. The number of hydrogen-bond donors (Lipinski definition) is 1. The highest BCUT2D eigenvalue weighted by atomic mass is 32.2. The summed E-state index contributed by atoms with van der Waals surface area (Å²) in [5.74, 6) is 1.63. The van der Waals surface area contributed by atoms with Crippen molar-refractivity contribution in [2.75, 3.05) is 12.3 Å². The summed E-state index contributed by atoms with van der Waals surface area (Å²) in [7, 11) is 0. The van der Waals surface area contributed by atoms with Gasteiger partial charge in [0.15, 0.2) is 0 Å². The van der Waals surface area contributed by atoms with Gasteiger partial charge in [-0.05, 0) is 31.4 Å². The predicted molar refractivity (Wildman–Crippen MR) is 83.2 cm³/mol. The zero-order valence-corrected chi connectivity index (χ0v) is 12.7. The van der Waals surface area contributed by atoms with Crippen LogP contribution in [0.5, 0.6) is 0 Å². The molecule has 5 heteroatoms. The van der Waals surface area contributed by atoms with Crippen LogP contribution in [0.25, 0.3) is 0 Å². The van der Waals surface area contributed by atoms with Gasteiger partial charge in [-0.15, -0.1) is 11.8 Å². The number of nitrogens with one attached hydrogen (secondary N) is 1. The molecule has 110 valence electrons. The third kappa shape index (κ3) is 3.96. The van der Waals surface area contributed by atoms with Crippen molar-refractivity contribution in [3.05, 3.63) is 34.4 Å². The Kier molecular flexibility index (Phi) is 5.86. The summed E-state index contributed by atoms with van der Waals surface area (Å²) in [5.41, 5.74) is 0.221. The summed E-state index contributed by atoms with van der Waals surface area (Å²) in [6.07, 6.45) is 5.22. The molecule has 0 amide bonds. The Labute approximate surface area is 124 Å². The molecule has 20 heavy (non-hydrogen) atoms. The van der Waals surface area contributed by atoms with Crippen LogP contribution in [0.4, 0.5) is 5.69 Å². The number of hydrogen-bond acceptors (Lipinski definition) is 4. The van der Waals surface area contributed by atoms with E-state index in [-0.39, 0.29) is 10.6 Å². The van der Waals surface area contributed by atoms with E-state index in [1.807, 2.05) is 12.1 Å². The second-order valence-corrected chi connectivity index (χ2v) is 6.31. The Morgan fingerprint density at radius 3 is 2.75 bits per heavy atom. The molecule has 0 bridgehead atoms. The minimum absolute atomic E-state index is 0.221. The SMILES string of the molecule is CCNC(CSc1ccccc1[N+](=O)[O-])C1CCCC1. The normalized spacial score (nSPS) is 17.2. The van der Waals surface area contributed by atoms with Crippen LogP contribution < -0.4 is 5.32 Å². The third-order valence-corrected chi connectivity index (χ3v) is 5.10. The number of nitro groups is 1. The molecule has 0 saturated heterocycles. The van der Waals surface area contributed by atoms with Gasteiger partial charge in [-0.2, -0.15) is 0 Å². The molecular weight excluding hydrogens is 272 g/mol. The highest BCUT2D eigenvalue weighted by molar-refractivity contribution is 7.99. The van der Waals surface area contributed by atoms with Crippen molar-refractivity contribution in [1.29, 1.82) is 0 Å². The summed E-state index contributed by atoms with van der Waals surface area (Å²) in [4.78, 5) is 11.5. The lowest BCUT2D eigenvalue weighted by Gasteiger charge is -2.23. The topological polar surface area (TPSA) is 55.2 Å². The maximum atomic E-state index is 11.0. The van der Waals surface area contributed by atoms with Gasteiger partial charge in [0, 0.05) is 17.9 Å². The maximum absolute atomic E-state index is 11.0. The Bertz CT molecular complexity index is 447. The first-order valence-electron chi connectivity index (χ1n) is 7.32. The Morgan fingerprint density at radius 1 is 1.40 bits per heavy atom. The first kappa shape index (κ1) is 15.3. The van der Waals surface area contributed by atoms with Gasteiger partial charge in [0.05, 0.1) is 9.82 Å². The van der Waals surface area contributed by atoms with Crippen LogP contribution in [0.1, 0.15) is 32.6 Å². The van der Waals surface area contributed by atoms with Crippen molar-refractivity contribution >= 4 is 17.4 Å². The quantitative estimate of drug-likeness (QED) is 0.471. The van der Waals surface area contributed by atoms with Crippen LogP contribution in [0.15, 0.2) is 29.2 Å². The Morgan fingerprint density at radius 2 is 2.10 bits per heavy atom. The van der Waals surface area contributed by atoms with Gasteiger partial charge in [0.2, 0.25) is 0 Å². The molecule has 1 aliphatic carbocycles. The van der Waals surface area contributed by atoms with Crippen molar-refractivity contribution in [2.24, 2.45) is 5.92 Å². The fourth-order valence-electron chi connectivity index (χ4n) is 2.89. The van der Waals surface area contributed by atoms with Crippen LogP contribution in [-0.4, -0.2) is 23.3 Å². The first-order chi connectivity index (χ1) is 9.72. The molecule has 4 nitrogen and oxygen atoms in total. The summed E-state index contributed by atoms with van der Waals surface area (Å²) < 4.78 is 0. The van der Waals surface area contributed by atoms with E-state index in [4.69, 9.17) is 0 Å². The van der Waals surface area contributed by atoms with Crippen LogP contribution in [0.2, 0.25) is 0 Å². The number of nitro benzene ring substituents is 1. The molecule has 1 atom stereocenters. The Balaban J connectivity index is 2.00. The highest BCUT2D eigenvalue weighted by Crippen LogP contribution is 2.33. The van der Waals surface area contributed by atoms with Gasteiger partial charge in [0.1, 0.15) is 0 Å². The number of nitrogens with zero attached hydrogens (tertiary/aromatic N) is 1. The van der Waals surface area contributed by atoms with Gasteiger partial charge in [-0.25, -0.2) is 0 Å². The van der Waals surface area contributed by atoms with Crippen molar-refractivity contribution in [3.63, 3.8) is 0 Å². The van der Waals surface area contributed by atoms with E-state index in [1.54, 1.807) is 23.9 Å². The maximum Gasteiger partial charge on any atom is 0.282 e. The van der Waals surface area contributed by atoms with E-state index >= 15 is 0 Å². The van der Waals surface area contributed by atoms with Gasteiger partial charge < -0.3 is 5.32 Å². The average Bonchev–Trinajstić information content (AvgIpc) is 2.97.